The highest BCUT2D eigenvalue weighted by Gasteiger charge is 2.51. The van der Waals surface area contributed by atoms with Crippen LogP contribution in [0.25, 0.3) is 0 Å². The molecule has 1 N–H and O–H groups in total. The van der Waals surface area contributed by atoms with Crippen LogP contribution in [0, 0.1) is 11.7 Å². The maximum Gasteiger partial charge on any atom is 0.202 e. The molecular weight excluding hydrogens is 333 g/mol. The number of benzene rings is 2. The molecule has 2 aromatic rings. The number of amidine groups is 1. The van der Waals surface area contributed by atoms with Crippen LogP contribution in [0.2, 0.25) is 0 Å². The van der Waals surface area contributed by atoms with Gasteiger partial charge in [-0.3, -0.25) is 4.90 Å². The molecule has 2 aromatic carbocycles. The van der Waals surface area contributed by atoms with Gasteiger partial charge in [0.25, 0.3) is 0 Å². The van der Waals surface area contributed by atoms with Gasteiger partial charge in [-0.1, -0.05) is 0 Å². The van der Waals surface area contributed by atoms with Gasteiger partial charge < -0.3 is 4.74 Å². The Morgan fingerprint density at radius 3 is 2.31 bits per heavy atom. The fraction of sp³-hybridized carbons (Fsp3) is 0.350. The minimum absolute atomic E-state index is 0.278. The van der Waals surface area contributed by atoms with Gasteiger partial charge in [-0.25, -0.2) is 19.7 Å². The lowest BCUT2D eigenvalue weighted by Gasteiger charge is -2.47. The zero-order valence-electron chi connectivity index (χ0n) is 14.3. The Kier molecular flexibility index (Phi) is 3.69. The molecule has 1 atom stereocenters. The van der Waals surface area contributed by atoms with E-state index in [4.69, 9.17) is 14.6 Å². The van der Waals surface area contributed by atoms with Gasteiger partial charge in [-0.15, -0.1) is 0 Å². The Balaban J connectivity index is 1.33. The normalized spacial score (nSPS) is 29.5. The summed E-state index contributed by atoms with van der Waals surface area (Å²) in [5.74, 6) is 2.27. The molecule has 1 unspecified atom stereocenters. The van der Waals surface area contributed by atoms with E-state index < -0.39 is 5.72 Å². The van der Waals surface area contributed by atoms with E-state index in [2.05, 4.69) is 10.4 Å². The third kappa shape index (κ3) is 2.75. The molecule has 3 fully saturated rings. The number of piperidine rings is 3. The van der Waals surface area contributed by atoms with Crippen LogP contribution in [-0.2, 0) is 4.84 Å². The van der Waals surface area contributed by atoms with E-state index in [-0.39, 0.29) is 5.82 Å². The average molecular weight is 353 g/mol. The summed E-state index contributed by atoms with van der Waals surface area (Å²) in [6.45, 7) is 3.16. The van der Waals surface area contributed by atoms with E-state index in [1.54, 1.807) is 12.1 Å². The van der Waals surface area contributed by atoms with Crippen molar-refractivity contribution in [1.29, 1.82) is 0 Å². The highest BCUT2D eigenvalue weighted by molar-refractivity contribution is 5.99. The van der Waals surface area contributed by atoms with Gasteiger partial charge in [-0.2, -0.15) is 0 Å². The summed E-state index contributed by atoms with van der Waals surface area (Å²) in [5.41, 5.74) is 3.56. The molecule has 134 valence electrons. The fourth-order valence-corrected chi connectivity index (χ4v) is 4.05. The van der Waals surface area contributed by atoms with Crippen molar-refractivity contribution >= 4 is 5.84 Å². The first kappa shape index (κ1) is 15.8. The Hall–Kier alpha value is -2.44. The van der Waals surface area contributed by atoms with Gasteiger partial charge in [0.05, 0.1) is 6.54 Å². The Labute approximate surface area is 151 Å². The molecule has 1 spiro atoms. The molecule has 4 heterocycles. The molecule has 26 heavy (non-hydrogen) atoms. The van der Waals surface area contributed by atoms with Gasteiger partial charge >= 0.3 is 0 Å². The first-order chi connectivity index (χ1) is 12.7. The summed E-state index contributed by atoms with van der Waals surface area (Å²) in [5, 5.41) is 0. The molecular formula is C20H20FN3O2. The molecule has 3 saturated heterocycles. The van der Waals surface area contributed by atoms with E-state index in [0.717, 1.165) is 43.9 Å². The zero-order chi connectivity index (χ0) is 17.6. The Bertz CT molecular complexity index is 829. The quantitative estimate of drug-likeness (QED) is 0.920. The van der Waals surface area contributed by atoms with Gasteiger partial charge in [0.1, 0.15) is 17.3 Å². The SMILES string of the molecule is Fc1ccc(Oc2ccc(C3=NC4(CN5CCC4CC5)ON3)cc2)cc1. The maximum absolute atomic E-state index is 13.0. The predicted octanol–water partition coefficient (Wildman–Crippen LogP) is 3.32. The summed E-state index contributed by atoms with van der Waals surface area (Å²) >= 11 is 0. The van der Waals surface area contributed by atoms with Crippen molar-refractivity contribution in [2.45, 2.75) is 18.6 Å². The summed E-state index contributed by atoms with van der Waals surface area (Å²) in [7, 11) is 0. The zero-order valence-corrected chi connectivity index (χ0v) is 14.3. The molecule has 6 rings (SSSR count). The van der Waals surface area contributed by atoms with E-state index in [1.807, 2.05) is 24.3 Å². The second-order valence-corrected chi connectivity index (χ2v) is 7.14. The molecule has 2 bridgehead atoms. The van der Waals surface area contributed by atoms with Gasteiger partial charge in [0.2, 0.25) is 5.72 Å². The smallest absolute Gasteiger partial charge is 0.202 e. The van der Waals surface area contributed by atoms with Gasteiger partial charge in [-0.05, 0) is 74.5 Å². The van der Waals surface area contributed by atoms with Gasteiger partial charge in [0, 0.05) is 11.5 Å². The van der Waals surface area contributed by atoms with Crippen LogP contribution in [-0.4, -0.2) is 36.1 Å². The minimum Gasteiger partial charge on any atom is -0.457 e. The summed E-state index contributed by atoms with van der Waals surface area (Å²) in [6.07, 6.45) is 2.28. The van der Waals surface area contributed by atoms with Crippen molar-refractivity contribution < 1.29 is 14.0 Å². The summed E-state index contributed by atoms with van der Waals surface area (Å²) in [4.78, 5) is 13.3. The number of nitrogens with zero attached hydrogens (tertiary/aromatic N) is 2. The number of hydrogen-bond donors (Lipinski definition) is 1. The second kappa shape index (κ2) is 6.07. The third-order valence-corrected chi connectivity index (χ3v) is 5.48. The number of hydrogen-bond acceptors (Lipinski definition) is 5. The lowest BCUT2D eigenvalue weighted by Crippen LogP contribution is -2.58. The van der Waals surface area contributed by atoms with Crippen LogP contribution < -0.4 is 10.2 Å². The Morgan fingerprint density at radius 2 is 1.69 bits per heavy atom. The van der Waals surface area contributed by atoms with Crippen molar-refractivity contribution in [3.63, 3.8) is 0 Å². The predicted molar refractivity (Wildman–Crippen MR) is 95.6 cm³/mol. The van der Waals surface area contributed by atoms with Crippen LogP contribution >= 0.6 is 0 Å². The average Bonchev–Trinajstić information content (AvgIpc) is 3.09. The number of halogens is 1. The van der Waals surface area contributed by atoms with E-state index in [1.165, 1.54) is 12.1 Å². The number of rotatable bonds is 3. The molecule has 5 nitrogen and oxygen atoms in total. The highest BCUT2D eigenvalue weighted by Crippen LogP contribution is 2.41. The van der Waals surface area contributed by atoms with E-state index in [9.17, 15) is 4.39 Å². The second-order valence-electron chi connectivity index (χ2n) is 7.14. The van der Waals surface area contributed by atoms with E-state index >= 15 is 0 Å². The molecule has 0 aliphatic carbocycles. The van der Waals surface area contributed by atoms with Gasteiger partial charge in [0.15, 0.2) is 5.84 Å². The number of ether oxygens (including phenoxy) is 1. The number of fused-ring (bicyclic) bond motifs is 2. The molecule has 0 saturated carbocycles. The summed E-state index contributed by atoms with van der Waals surface area (Å²) in [6, 6.07) is 13.6. The first-order valence-electron chi connectivity index (χ1n) is 9.00. The fourth-order valence-electron chi connectivity index (χ4n) is 4.05. The molecule has 0 radical (unpaired) electrons. The molecule has 4 aliphatic rings. The topological polar surface area (TPSA) is 46.1 Å². The number of aliphatic imine (C=N–C) groups is 1. The summed E-state index contributed by atoms with van der Waals surface area (Å²) < 4.78 is 18.7. The van der Waals surface area contributed by atoms with Crippen molar-refractivity contribution in [2.24, 2.45) is 10.9 Å². The molecule has 4 aliphatic heterocycles. The lowest BCUT2D eigenvalue weighted by atomic mass is 9.81. The monoisotopic (exact) mass is 353 g/mol. The first-order valence-corrected chi connectivity index (χ1v) is 9.00. The van der Waals surface area contributed by atoms with Crippen LogP contribution in [0.5, 0.6) is 11.5 Å². The Morgan fingerprint density at radius 1 is 1.04 bits per heavy atom. The van der Waals surface area contributed by atoms with Crippen LogP contribution in [0.1, 0.15) is 18.4 Å². The van der Waals surface area contributed by atoms with Crippen LogP contribution in [0.4, 0.5) is 4.39 Å². The largest absolute Gasteiger partial charge is 0.457 e. The van der Waals surface area contributed by atoms with Crippen molar-refractivity contribution in [2.75, 3.05) is 19.6 Å². The van der Waals surface area contributed by atoms with E-state index in [0.29, 0.717) is 17.4 Å². The van der Waals surface area contributed by atoms with Crippen molar-refractivity contribution in [3.05, 3.63) is 59.9 Å². The van der Waals surface area contributed by atoms with Crippen LogP contribution in [0.3, 0.4) is 0 Å². The molecule has 0 aromatic heterocycles. The molecule has 0 amide bonds. The molecule has 6 heteroatoms. The maximum atomic E-state index is 13.0. The van der Waals surface area contributed by atoms with Crippen molar-refractivity contribution in [3.8, 4) is 11.5 Å². The lowest BCUT2D eigenvalue weighted by molar-refractivity contribution is -0.155. The number of hydroxylamine groups is 1. The third-order valence-electron chi connectivity index (χ3n) is 5.48. The standard InChI is InChI=1S/C20H20FN3O2/c21-16-3-7-18(8-4-16)25-17-5-1-14(2-6-17)19-22-20(26-23-19)13-24-11-9-15(20)10-12-24/h1-8,15H,9-13H2,(H,22,23). The minimum atomic E-state index is -0.435. The highest BCUT2D eigenvalue weighted by atomic mass is 19.1. The number of nitrogens with one attached hydrogen (secondary N) is 1. The van der Waals surface area contributed by atoms with Crippen molar-refractivity contribution in [1.82, 2.24) is 10.4 Å². The van der Waals surface area contributed by atoms with Crippen LogP contribution in [0.15, 0.2) is 53.5 Å².